The van der Waals surface area contributed by atoms with Crippen LogP contribution in [0.2, 0.25) is 0 Å². The molecule has 0 saturated carbocycles. The first-order valence-corrected chi connectivity index (χ1v) is 10.4. The van der Waals surface area contributed by atoms with Gasteiger partial charge < -0.3 is 28.6 Å². The van der Waals surface area contributed by atoms with Crippen molar-refractivity contribution in [3.63, 3.8) is 0 Å². The van der Waals surface area contributed by atoms with E-state index >= 15 is 0 Å². The standard InChI is InChI=1S/C22H25BN2O6/c26-21(24-9-13-28-14-10-24)17-1-5-19(6-2-17)30-23-31-20-7-3-18(4-8-20)22(27)25-11-15-29-16-12-25/h1-8,23H,9-16H2. The molecule has 2 amide bonds. The van der Waals surface area contributed by atoms with Gasteiger partial charge in [-0.05, 0) is 48.5 Å². The number of rotatable bonds is 6. The zero-order valence-electron chi connectivity index (χ0n) is 17.3. The molecule has 2 aliphatic heterocycles. The molecule has 2 fully saturated rings. The van der Waals surface area contributed by atoms with Gasteiger partial charge in [0.25, 0.3) is 11.8 Å². The lowest BCUT2D eigenvalue weighted by Gasteiger charge is -2.26. The van der Waals surface area contributed by atoms with Gasteiger partial charge in [0, 0.05) is 37.3 Å². The van der Waals surface area contributed by atoms with Gasteiger partial charge in [-0.2, -0.15) is 0 Å². The molecule has 0 atom stereocenters. The quantitative estimate of drug-likeness (QED) is 0.652. The minimum Gasteiger partial charge on any atom is -0.529 e. The third-order valence-corrected chi connectivity index (χ3v) is 5.25. The molecule has 9 heteroatoms. The highest BCUT2D eigenvalue weighted by Gasteiger charge is 2.19. The van der Waals surface area contributed by atoms with E-state index in [4.69, 9.17) is 18.8 Å². The highest BCUT2D eigenvalue weighted by molar-refractivity contribution is 6.20. The average molecular weight is 424 g/mol. The maximum atomic E-state index is 12.5. The molecule has 0 unspecified atom stereocenters. The predicted molar refractivity (Wildman–Crippen MR) is 115 cm³/mol. The van der Waals surface area contributed by atoms with E-state index in [9.17, 15) is 9.59 Å². The molecular formula is C22H25BN2O6. The molecular weight excluding hydrogens is 399 g/mol. The Morgan fingerprint density at radius 1 is 0.645 bits per heavy atom. The number of carbonyl (C=O) groups is 2. The lowest BCUT2D eigenvalue weighted by Crippen LogP contribution is -2.40. The van der Waals surface area contributed by atoms with Crippen molar-refractivity contribution in [1.29, 1.82) is 0 Å². The van der Waals surface area contributed by atoms with Crippen LogP contribution in [-0.2, 0) is 9.47 Å². The molecule has 4 rings (SSSR count). The average Bonchev–Trinajstić information content (AvgIpc) is 2.85. The Morgan fingerprint density at radius 3 is 1.35 bits per heavy atom. The first kappa shape index (κ1) is 21.2. The zero-order chi connectivity index (χ0) is 21.5. The third kappa shape index (κ3) is 5.56. The van der Waals surface area contributed by atoms with Gasteiger partial charge >= 0.3 is 7.69 Å². The summed E-state index contributed by atoms with van der Waals surface area (Å²) in [6.07, 6.45) is 0. The highest BCUT2D eigenvalue weighted by Crippen LogP contribution is 2.17. The third-order valence-electron chi connectivity index (χ3n) is 5.25. The fourth-order valence-electron chi connectivity index (χ4n) is 3.45. The van der Waals surface area contributed by atoms with Crippen LogP contribution in [0.5, 0.6) is 11.5 Å². The van der Waals surface area contributed by atoms with Crippen molar-refractivity contribution in [2.45, 2.75) is 0 Å². The van der Waals surface area contributed by atoms with Gasteiger partial charge in [-0.1, -0.05) is 0 Å². The van der Waals surface area contributed by atoms with E-state index in [-0.39, 0.29) is 19.5 Å². The summed E-state index contributed by atoms with van der Waals surface area (Å²) in [5.41, 5.74) is 1.24. The van der Waals surface area contributed by atoms with Crippen LogP contribution in [0.15, 0.2) is 48.5 Å². The minimum atomic E-state index is -0.00202. The van der Waals surface area contributed by atoms with Crippen molar-refractivity contribution in [2.75, 3.05) is 52.6 Å². The second kappa shape index (κ2) is 10.3. The SMILES string of the molecule is O=C(c1ccc(OBOc2ccc(C(=O)N3CCOCC3)cc2)cc1)N1CCOCC1. The molecule has 2 aromatic carbocycles. The normalized spacial score (nSPS) is 16.5. The number of morpholine rings is 2. The molecule has 0 N–H and O–H groups in total. The van der Waals surface area contributed by atoms with Crippen LogP contribution in [-0.4, -0.2) is 81.9 Å². The number of benzene rings is 2. The van der Waals surface area contributed by atoms with E-state index in [1.54, 1.807) is 58.3 Å². The van der Waals surface area contributed by atoms with Gasteiger partial charge in [-0.15, -0.1) is 0 Å². The molecule has 2 aliphatic rings. The van der Waals surface area contributed by atoms with E-state index in [2.05, 4.69) is 0 Å². The van der Waals surface area contributed by atoms with Crippen molar-refractivity contribution in [3.05, 3.63) is 59.7 Å². The number of hydrogen-bond donors (Lipinski definition) is 0. The fourth-order valence-corrected chi connectivity index (χ4v) is 3.45. The Bertz CT molecular complexity index is 804. The molecule has 8 nitrogen and oxygen atoms in total. The van der Waals surface area contributed by atoms with Gasteiger partial charge in [-0.3, -0.25) is 9.59 Å². The van der Waals surface area contributed by atoms with Crippen molar-refractivity contribution < 1.29 is 28.4 Å². The Balaban J connectivity index is 1.24. The van der Waals surface area contributed by atoms with E-state index in [1.807, 2.05) is 0 Å². The maximum absolute atomic E-state index is 12.5. The van der Waals surface area contributed by atoms with E-state index < -0.39 is 0 Å². The van der Waals surface area contributed by atoms with Crippen LogP contribution in [0.25, 0.3) is 0 Å². The van der Waals surface area contributed by atoms with E-state index in [0.29, 0.717) is 75.2 Å². The second-order valence-electron chi connectivity index (χ2n) is 7.26. The molecule has 2 heterocycles. The first-order chi connectivity index (χ1) is 15.2. The second-order valence-corrected chi connectivity index (χ2v) is 7.26. The summed E-state index contributed by atoms with van der Waals surface area (Å²) in [7, 11) is 0.0213. The van der Waals surface area contributed by atoms with Crippen molar-refractivity contribution in [2.24, 2.45) is 0 Å². The van der Waals surface area contributed by atoms with Crippen molar-refractivity contribution in [3.8, 4) is 11.5 Å². The monoisotopic (exact) mass is 424 g/mol. The van der Waals surface area contributed by atoms with Crippen LogP contribution in [0.4, 0.5) is 0 Å². The zero-order valence-corrected chi connectivity index (χ0v) is 17.3. The number of nitrogens with zero attached hydrogens (tertiary/aromatic N) is 2. The summed E-state index contributed by atoms with van der Waals surface area (Å²) >= 11 is 0. The smallest absolute Gasteiger partial charge is 0.529 e. The molecule has 0 radical (unpaired) electrons. The Labute approximate surface area is 181 Å². The molecule has 2 aromatic rings. The van der Waals surface area contributed by atoms with Crippen LogP contribution >= 0.6 is 0 Å². The molecule has 0 bridgehead atoms. The summed E-state index contributed by atoms with van der Waals surface area (Å²) in [6.45, 7) is 4.76. The lowest BCUT2D eigenvalue weighted by molar-refractivity contribution is 0.0301. The minimum absolute atomic E-state index is 0.00202. The molecule has 0 aliphatic carbocycles. The Kier molecular flexibility index (Phi) is 7.06. The molecule has 31 heavy (non-hydrogen) atoms. The predicted octanol–water partition coefficient (Wildman–Crippen LogP) is 1.36. The van der Waals surface area contributed by atoms with Gasteiger partial charge in [-0.25, -0.2) is 0 Å². The lowest BCUT2D eigenvalue weighted by atomic mass is 10.1. The van der Waals surface area contributed by atoms with E-state index in [1.165, 1.54) is 0 Å². The largest absolute Gasteiger partial charge is 0.576 e. The fraction of sp³-hybridized carbons (Fsp3) is 0.364. The summed E-state index contributed by atoms with van der Waals surface area (Å²) in [6, 6.07) is 14.0. The number of carbonyl (C=O) groups excluding carboxylic acids is 2. The van der Waals surface area contributed by atoms with Crippen LogP contribution in [0.1, 0.15) is 20.7 Å². The maximum Gasteiger partial charge on any atom is 0.576 e. The summed E-state index contributed by atoms with van der Waals surface area (Å²) < 4.78 is 21.8. The Morgan fingerprint density at radius 2 is 1.00 bits per heavy atom. The molecule has 0 spiro atoms. The summed E-state index contributed by atoms with van der Waals surface area (Å²) in [4.78, 5) is 28.5. The Hall–Kier alpha value is -3.04. The van der Waals surface area contributed by atoms with E-state index in [0.717, 1.165) is 0 Å². The topological polar surface area (TPSA) is 77.5 Å². The van der Waals surface area contributed by atoms with Gasteiger partial charge in [0.2, 0.25) is 0 Å². The van der Waals surface area contributed by atoms with Crippen LogP contribution in [0.3, 0.4) is 0 Å². The number of ether oxygens (including phenoxy) is 2. The van der Waals surface area contributed by atoms with Crippen LogP contribution in [0, 0.1) is 0 Å². The van der Waals surface area contributed by atoms with Crippen LogP contribution < -0.4 is 9.31 Å². The first-order valence-electron chi connectivity index (χ1n) is 10.4. The number of hydrogen-bond acceptors (Lipinski definition) is 6. The van der Waals surface area contributed by atoms with Crippen molar-refractivity contribution in [1.82, 2.24) is 9.80 Å². The molecule has 0 aromatic heterocycles. The summed E-state index contributed by atoms with van der Waals surface area (Å²) in [5, 5.41) is 0. The van der Waals surface area contributed by atoms with Gasteiger partial charge in [0.15, 0.2) is 0 Å². The van der Waals surface area contributed by atoms with Crippen molar-refractivity contribution >= 4 is 19.5 Å². The number of amides is 2. The van der Waals surface area contributed by atoms with Gasteiger partial charge in [0.05, 0.1) is 26.4 Å². The molecule has 2 saturated heterocycles. The summed E-state index contributed by atoms with van der Waals surface area (Å²) in [5.74, 6) is 1.21. The highest BCUT2D eigenvalue weighted by atomic mass is 16.6. The van der Waals surface area contributed by atoms with Gasteiger partial charge in [0.1, 0.15) is 11.5 Å². The molecule has 162 valence electrons.